The van der Waals surface area contributed by atoms with Crippen LogP contribution in [-0.2, 0) is 10.8 Å². The Morgan fingerprint density at radius 1 is 1.22 bits per heavy atom. The van der Waals surface area contributed by atoms with Crippen LogP contribution in [-0.4, -0.2) is 22.5 Å². The predicted molar refractivity (Wildman–Crippen MR) is 77.4 cm³/mol. The van der Waals surface area contributed by atoms with Crippen molar-refractivity contribution in [1.82, 2.24) is 5.32 Å². The van der Waals surface area contributed by atoms with Crippen molar-refractivity contribution in [2.75, 3.05) is 7.05 Å². The molecule has 1 saturated carbocycles. The molecule has 1 fully saturated rings. The third-order valence-electron chi connectivity index (χ3n) is 3.90. The fourth-order valence-electron chi connectivity index (χ4n) is 2.87. The summed E-state index contributed by atoms with van der Waals surface area (Å²) in [5.41, 5.74) is 2.40. The fraction of sp³-hybridized carbons (Fsp3) is 0.600. The van der Waals surface area contributed by atoms with Gasteiger partial charge in [-0.15, -0.1) is 0 Å². The average molecular weight is 265 g/mol. The Morgan fingerprint density at radius 2 is 1.94 bits per heavy atom. The van der Waals surface area contributed by atoms with Gasteiger partial charge in [0.15, 0.2) is 0 Å². The van der Waals surface area contributed by atoms with Crippen LogP contribution < -0.4 is 5.32 Å². The summed E-state index contributed by atoms with van der Waals surface area (Å²) in [6.45, 7) is 4.15. The van der Waals surface area contributed by atoms with E-state index in [1.807, 2.05) is 13.1 Å². The molecule has 1 N–H and O–H groups in total. The minimum atomic E-state index is -0.882. The van der Waals surface area contributed by atoms with Gasteiger partial charge in [0.1, 0.15) is 0 Å². The molecule has 0 saturated heterocycles. The zero-order chi connectivity index (χ0) is 13.1. The lowest BCUT2D eigenvalue weighted by molar-refractivity contribution is 0.399. The van der Waals surface area contributed by atoms with Crippen molar-refractivity contribution in [2.24, 2.45) is 0 Å². The molecule has 3 unspecified atom stereocenters. The van der Waals surface area contributed by atoms with Gasteiger partial charge in [0.25, 0.3) is 0 Å². The summed E-state index contributed by atoms with van der Waals surface area (Å²) in [6.07, 6.45) is 4.69. The van der Waals surface area contributed by atoms with Crippen molar-refractivity contribution in [3.8, 4) is 0 Å². The van der Waals surface area contributed by atoms with Crippen LogP contribution in [0.4, 0.5) is 0 Å². The molecule has 0 aromatic heterocycles. The van der Waals surface area contributed by atoms with Gasteiger partial charge in [0.2, 0.25) is 0 Å². The Balaban J connectivity index is 2.24. The van der Waals surface area contributed by atoms with Crippen molar-refractivity contribution >= 4 is 10.8 Å². The van der Waals surface area contributed by atoms with Gasteiger partial charge in [-0.1, -0.05) is 30.5 Å². The molecule has 0 heterocycles. The van der Waals surface area contributed by atoms with E-state index >= 15 is 0 Å². The van der Waals surface area contributed by atoms with E-state index in [9.17, 15) is 4.21 Å². The predicted octanol–water partition coefficient (Wildman–Crippen LogP) is 2.94. The normalized spacial score (nSPS) is 25.9. The first-order valence-corrected chi connectivity index (χ1v) is 8.00. The van der Waals surface area contributed by atoms with Crippen LogP contribution in [0.3, 0.4) is 0 Å². The topological polar surface area (TPSA) is 29.1 Å². The Kier molecular flexibility index (Phi) is 4.57. The van der Waals surface area contributed by atoms with Crippen LogP contribution in [0.2, 0.25) is 0 Å². The van der Waals surface area contributed by atoms with E-state index in [0.29, 0.717) is 6.04 Å². The monoisotopic (exact) mass is 265 g/mol. The van der Waals surface area contributed by atoms with Gasteiger partial charge in [-0.05, 0) is 45.4 Å². The fourth-order valence-corrected chi connectivity index (χ4v) is 4.73. The molecule has 18 heavy (non-hydrogen) atoms. The Morgan fingerprint density at radius 3 is 2.61 bits per heavy atom. The maximum Gasteiger partial charge on any atom is 0.0579 e. The molecule has 3 atom stereocenters. The Bertz CT molecular complexity index is 444. The zero-order valence-corrected chi connectivity index (χ0v) is 12.3. The van der Waals surface area contributed by atoms with Crippen LogP contribution in [0, 0.1) is 13.8 Å². The molecule has 0 bridgehead atoms. The molecule has 0 amide bonds. The molecule has 3 heteroatoms. The van der Waals surface area contributed by atoms with Crippen molar-refractivity contribution in [1.29, 1.82) is 0 Å². The second-order valence-electron chi connectivity index (χ2n) is 5.28. The van der Waals surface area contributed by atoms with Crippen LogP contribution in [0.25, 0.3) is 0 Å². The highest BCUT2D eigenvalue weighted by Gasteiger charge is 2.30. The van der Waals surface area contributed by atoms with Crippen molar-refractivity contribution < 1.29 is 4.21 Å². The Labute approximate surface area is 113 Å². The third-order valence-corrected chi connectivity index (χ3v) is 5.90. The van der Waals surface area contributed by atoms with Crippen LogP contribution in [0.5, 0.6) is 0 Å². The first-order valence-electron chi connectivity index (χ1n) is 6.78. The lowest BCUT2D eigenvalue weighted by Crippen LogP contribution is -2.42. The highest BCUT2D eigenvalue weighted by molar-refractivity contribution is 7.85. The molecular formula is C15H23NOS. The van der Waals surface area contributed by atoms with Crippen LogP contribution in [0.1, 0.15) is 36.8 Å². The number of hydrogen-bond acceptors (Lipinski definition) is 2. The first kappa shape index (κ1) is 13.8. The second-order valence-corrected chi connectivity index (χ2v) is 6.92. The third kappa shape index (κ3) is 2.83. The maximum atomic E-state index is 12.8. The summed E-state index contributed by atoms with van der Waals surface area (Å²) in [7, 11) is 1.11. The molecule has 2 rings (SSSR count). The minimum Gasteiger partial charge on any atom is -0.316 e. The minimum absolute atomic E-state index is 0.269. The van der Waals surface area contributed by atoms with Crippen LogP contribution in [0.15, 0.2) is 23.1 Å². The van der Waals surface area contributed by atoms with Gasteiger partial charge in [0, 0.05) is 10.9 Å². The molecule has 1 aliphatic rings. The van der Waals surface area contributed by atoms with E-state index in [0.717, 1.165) is 23.3 Å². The van der Waals surface area contributed by atoms with Gasteiger partial charge in [0.05, 0.1) is 16.0 Å². The van der Waals surface area contributed by atoms with Crippen molar-refractivity contribution in [3.05, 3.63) is 29.3 Å². The van der Waals surface area contributed by atoms with E-state index in [1.54, 1.807) is 0 Å². The lowest BCUT2D eigenvalue weighted by atomic mass is 9.95. The number of aryl methyl sites for hydroxylation is 2. The van der Waals surface area contributed by atoms with Crippen LogP contribution >= 0.6 is 0 Å². The molecule has 0 radical (unpaired) electrons. The van der Waals surface area contributed by atoms with E-state index in [1.165, 1.54) is 18.4 Å². The summed E-state index contributed by atoms with van der Waals surface area (Å²) in [5.74, 6) is 0. The summed E-state index contributed by atoms with van der Waals surface area (Å²) in [6, 6.07) is 6.64. The zero-order valence-electron chi connectivity index (χ0n) is 11.5. The summed E-state index contributed by atoms with van der Waals surface area (Å²) >= 11 is 0. The van der Waals surface area contributed by atoms with Gasteiger partial charge in [-0.2, -0.15) is 0 Å². The molecule has 0 aliphatic heterocycles. The highest BCUT2D eigenvalue weighted by atomic mass is 32.2. The van der Waals surface area contributed by atoms with E-state index in [4.69, 9.17) is 0 Å². The molecule has 1 aliphatic carbocycles. The quantitative estimate of drug-likeness (QED) is 0.910. The number of benzene rings is 1. The molecule has 100 valence electrons. The van der Waals surface area contributed by atoms with E-state index < -0.39 is 10.8 Å². The SMILES string of the molecule is CNC1CCCCC1S(=O)c1ccc(C)cc1C. The number of rotatable bonds is 3. The molecule has 0 spiro atoms. The number of hydrogen-bond donors (Lipinski definition) is 1. The van der Waals surface area contributed by atoms with Crippen molar-refractivity contribution in [2.45, 2.75) is 55.7 Å². The second kappa shape index (κ2) is 5.98. The maximum absolute atomic E-state index is 12.8. The standard InChI is InChI=1S/C15H23NOS/c1-11-8-9-14(12(2)10-11)18(17)15-7-5-4-6-13(15)16-3/h8-10,13,15-16H,4-7H2,1-3H3. The van der Waals surface area contributed by atoms with E-state index in [-0.39, 0.29) is 5.25 Å². The molecule has 2 nitrogen and oxygen atoms in total. The largest absolute Gasteiger partial charge is 0.316 e. The molecule has 1 aromatic rings. The van der Waals surface area contributed by atoms with E-state index in [2.05, 4.69) is 31.3 Å². The van der Waals surface area contributed by atoms with Gasteiger partial charge in [-0.3, -0.25) is 4.21 Å². The molecule has 1 aromatic carbocycles. The highest BCUT2D eigenvalue weighted by Crippen LogP contribution is 2.27. The first-order chi connectivity index (χ1) is 8.63. The Hall–Kier alpha value is -0.670. The van der Waals surface area contributed by atoms with Gasteiger partial charge < -0.3 is 5.32 Å². The average Bonchev–Trinajstić information content (AvgIpc) is 2.38. The van der Waals surface area contributed by atoms with Gasteiger partial charge >= 0.3 is 0 Å². The molecular weight excluding hydrogens is 242 g/mol. The summed E-state index contributed by atoms with van der Waals surface area (Å²) in [5, 5.41) is 3.61. The smallest absolute Gasteiger partial charge is 0.0579 e. The lowest BCUT2D eigenvalue weighted by Gasteiger charge is -2.31. The summed E-state index contributed by atoms with van der Waals surface area (Å²) < 4.78 is 12.8. The summed E-state index contributed by atoms with van der Waals surface area (Å²) in [4.78, 5) is 1.02. The number of nitrogens with one attached hydrogen (secondary N) is 1. The van der Waals surface area contributed by atoms with Crippen molar-refractivity contribution in [3.63, 3.8) is 0 Å². The van der Waals surface area contributed by atoms with Gasteiger partial charge in [-0.25, -0.2) is 0 Å².